The minimum atomic E-state index is -6.56. The lowest BCUT2D eigenvalue weighted by molar-refractivity contribution is -0.251. The van der Waals surface area contributed by atoms with Crippen LogP contribution in [0.25, 0.3) is 0 Å². The monoisotopic (exact) mass is 771 g/mol. The minimum Gasteiger partial charge on any atom is -0.455 e. The Kier molecular flexibility index (Phi) is 14.0. The highest BCUT2D eigenvalue weighted by atomic mass is 19.4. The lowest BCUT2D eigenvalue weighted by Crippen LogP contribution is -2.59. The van der Waals surface area contributed by atoms with Crippen molar-refractivity contribution in [2.75, 3.05) is 20.2 Å². The van der Waals surface area contributed by atoms with E-state index in [-0.39, 0.29) is 7.05 Å². The third-order valence-corrected chi connectivity index (χ3v) is 4.64. The molecule has 284 valence electrons. The molecule has 4 unspecified atom stereocenters. The molecule has 30 heteroatoms. The first kappa shape index (κ1) is 44.6. The predicted octanol–water partition coefficient (Wildman–Crippen LogP) is 3.01. The number of alkyl halides is 18. The standard InChI is InChI=1S/C19H11F18NO11/c1-38(8(39)14(20,21)22)2-4(46-10(41)16(26,27)28)6(48-12(43)18(32,33)34)7(49-13(44)19(35,36)37)5(47-11(42)17(29,30)31)3-45-9(40)15(23,24)25/h4-7H,2-3H2,1H3. The van der Waals surface area contributed by atoms with Crippen LogP contribution in [-0.4, -0.2) is 122 Å². The van der Waals surface area contributed by atoms with Gasteiger partial charge in [0.05, 0.1) is 6.54 Å². The van der Waals surface area contributed by atoms with Crippen molar-refractivity contribution >= 4 is 35.8 Å². The summed E-state index contributed by atoms with van der Waals surface area (Å²) in [6.45, 7) is -5.44. The Bertz CT molecular complexity index is 1230. The van der Waals surface area contributed by atoms with Crippen molar-refractivity contribution in [3.63, 3.8) is 0 Å². The summed E-state index contributed by atoms with van der Waals surface area (Å²) in [5.41, 5.74) is 0. The van der Waals surface area contributed by atoms with E-state index in [1.54, 1.807) is 0 Å². The first-order chi connectivity index (χ1) is 21.5. The van der Waals surface area contributed by atoms with Crippen LogP contribution in [0.1, 0.15) is 0 Å². The zero-order chi connectivity index (χ0) is 39.3. The third-order valence-electron chi connectivity index (χ3n) is 4.64. The van der Waals surface area contributed by atoms with Gasteiger partial charge in [-0.15, -0.1) is 0 Å². The van der Waals surface area contributed by atoms with E-state index in [1.165, 1.54) is 0 Å². The fourth-order valence-electron chi connectivity index (χ4n) is 2.71. The minimum absolute atomic E-state index is 0.171. The number of rotatable bonds is 11. The average molecular weight is 771 g/mol. The summed E-state index contributed by atoms with van der Waals surface area (Å²) in [7, 11) is -0.171. The first-order valence-electron chi connectivity index (χ1n) is 11.2. The summed E-state index contributed by atoms with van der Waals surface area (Å²) in [6.07, 6.45) is -55.3. The highest BCUT2D eigenvalue weighted by Crippen LogP contribution is 2.31. The van der Waals surface area contributed by atoms with Crippen molar-refractivity contribution in [3.8, 4) is 0 Å². The lowest BCUT2D eigenvalue weighted by atomic mass is 10.0. The van der Waals surface area contributed by atoms with Gasteiger partial charge in [0, 0.05) is 7.05 Å². The van der Waals surface area contributed by atoms with Crippen LogP contribution in [0.2, 0.25) is 0 Å². The maximum atomic E-state index is 13.0. The Balaban J connectivity index is 7.87. The third kappa shape index (κ3) is 14.3. The Morgan fingerprint density at radius 3 is 1.04 bits per heavy atom. The van der Waals surface area contributed by atoms with E-state index in [1.807, 2.05) is 0 Å². The smallest absolute Gasteiger partial charge is 0.455 e. The summed E-state index contributed by atoms with van der Waals surface area (Å²) in [5, 5.41) is 0. The van der Waals surface area contributed by atoms with E-state index in [0.717, 1.165) is 0 Å². The molecule has 0 N–H and O–H groups in total. The van der Waals surface area contributed by atoms with Crippen LogP contribution < -0.4 is 0 Å². The van der Waals surface area contributed by atoms with Crippen molar-refractivity contribution in [2.45, 2.75) is 61.5 Å². The number of nitrogens with zero attached hydrogens (tertiary/aromatic N) is 1. The van der Waals surface area contributed by atoms with Gasteiger partial charge in [0.15, 0.2) is 24.4 Å². The molecular formula is C19H11F18NO11. The summed E-state index contributed by atoms with van der Waals surface area (Å²) >= 11 is 0. The zero-order valence-electron chi connectivity index (χ0n) is 22.5. The number of hydrogen-bond acceptors (Lipinski definition) is 11. The Hall–Kier alpha value is -4.44. The molecule has 0 aromatic carbocycles. The SMILES string of the molecule is CN(CC(OC(=O)C(F)(F)F)C(OC(=O)C(F)(F)F)C(OC(=O)C(F)(F)F)C(COC(=O)C(F)(F)F)OC(=O)C(F)(F)F)C(=O)C(F)(F)F. The maximum Gasteiger partial charge on any atom is 0.490 e. The molecule has 0 fully saturated rings. The van der Waals surface area contributed by atoms with Crippen LogP contribution in [0.5, 0.6) is 0 Å². The van der Waals surface area contributed by atoms with Crippen LogP contribution in [0.3, 0.4) is 0 Å². The number of ether oxygens (including phenoxy) is 5. The molecule has 0 aromatic rings. The van der Waals surface area contributed by atoms with Gasteiger partial charge in [-0.2, -0.15) is 79.0 Å². The van der Waals surface area contributed by atoms with E-state index in [0.29, 0.717) is 0 Å². The second-order valence-electron chi connectivity index (χ2n) is 8.40. The van der Waals surface area contributed by atoms with E-state index in [2.05, 4.69) is 23.7 Å². The van der Waals surface area contributed by atoms with Gasteiger partial charge in [-0.1, -0.05) is 0 Å². The number of carbonyl (C=O) groups excluding carboxylic acids is 6. The molecule has 0 aliphatic carbocycles. The number of halogens is 18. The number of likely N-dealkylation sites (N-methyl/N-ethyl adjacent to an activating group) is 1. The Morgan fingerprint density at radius 2 is 0.735 bits per heavy atom. The zero-order valence-corrected chi connectivity index (χ0v) is 22.5. The van der Waals surface area contributed by atoms with Crippen molar-refractivity contribution in [3.05, 3.63) is 0 Å². The van der Waals surface area contributed by atoms with Crippen LogP contribution in [0.15, 0.2) is 0 Å². The molecule has 0 spiro atoms. The van der Waals surface area contributed by atoms with Gasteiger partial charge in [-0.05, 0) is 0 Å². The molecule has 4 atom stereocenters. The molecule has 0 heterocycles. The topological polar surface area (TPSA) is 152 Å². The van der Waals surface area contributed by atoms with E-state index in [9.17, 15) is 108 Å². The van der Waals surface area contributed by atoms with E-state index in [4.69, 9.17) is 0 Å². The van der Waals surface area contributed by atoms with Crippen LogP contribution in [-0.2, 0) is 52.5 Å². The highest BCUT2D eigenvalue weighted by molar-refractivity contribution is 5.82. The van der Waals surface area contributed by atoms with Crippen molar-refractivity contribution in [1.29, 1.82) is 0 Å². The van der Waals surface area contributed by atoms with Crippen molar-refractivity contribution in [1.82, 2.24) is 4.90 Å². The second kappa shape index (κ2) is 15.4. The molecule has 0 aromatic heterocycles. The number of carbonyl (C=O) groups is 6. The molecule has 0 bridgehead atoms. The van der Waals surface area contributed by atoms with Gasteiger partial charge < -0.3 is 28.6 Å². The Labute approximate surface area is 255 Å². The van der Waals surface area contributed by atoms with Crippen LogP contribution in [0, 0.1) is 0 Å². The largest absolute Gasteiger partial charge is 0.490 e. The molecule has 0 rings (SSSR count). The number of amides is 1. The first-order valence-corrected chi connectivity index (χ1v) is 11.2. The summed E-state index contributed by atoms with van der Waals surface area (Å²) in [5.74, 6) is -22.4. The van der Waals surface area contributed by atoms with Crippen LogP contribution in [0.4, 0.5) is 79.0 Å². The molecule has 0 saturated heterocycles. The molecule has 12 nitrogen and oxygen atoms in total. The fraction of sp³-hybridized carbons (Fsp3) is 0.684. The quantitative estimate of drug-likeness (QED) is 0.173. The second-order valence-corrected chi connectivity index (χ2v) is 8.40. The summed E-state index contributed by atoms with van der Waals surface area (Å²) in [6, 6.07) is 0. The van der Waals surface area contributed by atoms with E-state index < -0.39 is 115 Å². The fourth-order valence-corrected chi connectivity index (χ4v) is 2.71. The molecular weight excluding hydrogens is 760 g/mol. The number of hydrogen-bond donors (Lipinski definition) is 0. The van der Waals surface area contributed by atoms with Gasteiger partial charge in [0.2, 0.25) is 0 Å². The molecule has 0 radical (unpaired) electrons. The molecule has 0 aliphatic heterocycles. The van der Waals surface area contributed by atoms with E-state index >= 15 is 0 Å². The van der Waals surface area contributed by atoms with Gasteiger partial charge in [0.1, 0.15) is 6.61 Å². The molecule has 0 saturated carbocycles. The predicted molar refractivity (Wildman–Crippen MR) is 104 cm³/mol. The van der Waals surface area contributed by atoms with Gasteiger partial charge in [-0.3, -0.25) is 4.79 Å². The van der Waals surface area contributed by atoms with Gasteiger partial charge >= 0.3 is 72.8 Å². The molecule has 0 aliphatic rings. The molecule has 49 heavy (non-hydrogen) atoms. The summed E-state index contributed by atoms with van der Waals surface area (Å²) < 4.78 is 249. The summed E-state index contributed by atoms with van der Waals surface area (Å²) in [4.78, 5) is 67.5. The van der Waals surface area contributed by atoms with Crippen molar-refractivity contribution in [2.24, 2.45) is 0 Å². The van der Waals surface area contributed by atoms with Gasteiger partial charge in [0.25, 0.3) is 0 Å². The average Bonchev–Trinajstić information content (AvgIpc) is 2.88. The van der Waals surface area contributed by atoms with Crippen LogP contribution >= 0.6 is 0 Å². The van der Waals surface area contributed by atoms with Crippen molar-refractivity contribution < 1.29 is 131 Å². The number of esters is 5. The maximum absolute atomic E-state index is 13.0. The van der Waals surface area contributed by atoms with Gasteiger partial charge in [-0.25, -0.2) is 24.0 Å². The lowest BCUT2D eigenvalue weighted by Gasteiger charge is -2.37. The Morgan fingerprint density at radius 1 is 0.449 bits per heavy atom. The molecule has 1 amide bonds. The highest BCUT2D eigenvalue weighted by Gasteiger charge is 2.56. The normalized spacial score (nSPS) is 15.6.